The molecule has 2 aliphatic carbocycles. The molecule has 3 rings (SSSR count). The van der Waals surface area contributed by atoms with E-state index in [-0.39, 0.29) is 0 Å². The van der Waals surface area contributed by atoms with Gasteiger partial charge in [-0.05, 0) is 38.5 Å². The molecule has 2 fully saturated rings. The van der Waals surface area contributed by atoms with Crippen LogP contribution in [0.25, 0.3) is 0 Å². The molecule has 0 unspecified atom stereocenters. The smallest absolute Gasteiger partial charge is 0.176 e. The van der Waals surface area contributed by atoms with Gasteiger partial charge in [-0.2, -0.15) is 5.10 Å². The molecule has 2 aliphatic rings. The average molecular weight is 255 g/mol. The van der Waals surface area contributed by atoms with Crippen LogP contribution in [0.1, 0.15) is 57.4 Å². The van der Waals surface area contributed by atoms with Crippen LogP contribution >= 0.6 is 11.6 Å². The van der Waals surface area contributed by atoms with Crippen molar-refractivity contribution in [1.82, 2.24) is 9.78 Å². The van der Waals surface area contributed by atoms with E-state index in [4.69, 9.17) is 16.3 Å². The molecule has 1 heterocycles. The number of hydrogen-bond donors (Lipinski definition) is 0. The largest absolute Gasteiger partial charge is 0.486 e. The zero-order valence-corrected chi connectivity index (χ0v) is 10.8. The van der Waals surface area contributed by atoms with Gasteiger partial charge in [0.1, 0.15) is 0 Å². The Balaban J connectivity index is 1.72. The van der Waals surface area contributed by atoms with E-state index in [0.717, 1.165) is 18.6 Å². The van der Waals surface area contributed by atoms with Crippen molar-refractivity contribution < 1.29 is 4.74 Å². The monoisotopic (exact) mass is 254 g/mol. The Kier molecular flexibility index (Phi) is 3.28. The Bertz CT molecular complexity index is 379. The van der Waals surface area contributed by atoms with E-state index in [1.807, 2.05) is 4.68 Å². The third-order valence-corrected chi connectivity index (χ3v) is 4.33. The van der Waals surface area contributed by atoms with Crippen molar-refractivity contribution in [2.24, 2.45) is 0 Å². The third-order valence-electron chi connectivity index (χ3n) is 3.97. The number of nitrogens with zero attached hydrogens (tertiary/aromatic N) is 2. The predicted octanol–water partition coefficient (Wildman–Crippen LogP) is 3.97. The lowest BCUT2D eigenvalue weighted by molar-refractivity contribution is 0.209. The summed E-state index contributed by atoms with van der Waals surface area (Å²) < 4.78 is 7.89. The minimum Gasteiger partial charge on any atom is -0.486 e. The van der Waals surface area contributed by atoms with Gasteiger partial charge in [0.25, 0.3) is 0 Å². The molecular formula is C13H19ClN2O. The molecule has 17 heavy (non-hydrogen) atoms. The van der Waals surface area contributed by atoms with Gasteiger partial charge < -0.3 is 4.74 Å². The van der Waals surface area contributed by atoms with E-state index >= 15 is 0 Å². The summed E-state index contributed by atoms with van der Waals surface area (Å²) in [6, 6.07) is 0.489. The third kappa shape index (κ3) is 2.30. The highest BCUT2D eigenvalue weighted by Crippen LogP contribution is 2.36. The summed E-state index contributed by atoms with van der Waals surface area (Å²) in [5.41, 5.74) is 0. The van der Waals surface area contributed by atoms with Crippen LogP contribution in [0.5, 0.6) is 5.75 Å². The fourth-order valence-corrected chi connectivity index (χ4v) is 3.27. The molecule has 94 valence electrons. The maximum atomic E-state index is 6.36. The van der Waals surface area contributed by atoms with Crippen LogP contribution in [0.15, 0.2) is 6.20 Å². The second kappa shape index (κ2) is 4.89. The van der Waals surface area contributed by atoms with Crippen molar-refractivity contribution in [1.29, 1.82) is 0 Å². The maximum Gasteiger partial charge on any atom is 0.176 e. The van der Waals surface area contributed by atoms with E-state index in [2.05, 4.69) is 5.10 Å². The molecular weight excluding hydrogens is 236 g/mol. The number of rotatable bonds is 3. The van der Waals surface area contributed by atoms with Gasteiger partial charge in [0.2, 0.25) is 0 Å². The zero-order valence-electron chi connectivity index (χ0n) is 10.1. The van der Waals surface area contributed by atoms with Gasteiger partial charge in [-0.25, -0.2) is 4.68 Å². The summed E-state index contributed by atoms with van der Waals surface area (Å²) in [6.45, 7) is 0. The van der Waals surface area contributed by atoms with Crippen molar-refractivity contribution in [2.45, 2.75) is 63.5 Å². The minimum absolute atomic E-state index is 0.355. The summed E-state index contributed by atoms with van der Waals surface area (Å²) in [7, 11) is 0. The fourth-order valence-electron chi connectivity index (χ4n) is 3.00. The topological polar surface area (TPSA) is 27.1 Å². The molecule has 0 saturated heterocycles. The number of ether oxygens (including phenoxy) is 1. The Morgan fingerprint density at radius 3 is 2.47 bits per heavy atom. The van der Waals surface area contributed by atoms with Crippen LogP contribution in [0.2, 0.25) is 5.15 Å². The van der Waals surface area contributed by atoms with Gasteiger partial charge >= 0.3 is 0 Å². The van der Waals surface area contributed by atoms with E-state index in [0.29, 0.717) is 17.3 Å². The first kappa shape index (κ1) is 11.4. The SMILES string of the molecule is Clc1c(OC2CCCC2)cnn1C1CCCC1. The van der Waals surface area contributed by atoms with E-state index in [1.54, 1.807) is 6.20 Å². The van der Waals surface area contributed by atoms with Gasteiger partial charge in [0, 0.05) is 0 Å². The highest BCUT2D eigenvalue weighted by Gasteiger charge is 2.24. The molecule has 0 bridgehead atoms. The molecule has 4 heteroatoms. The lowest BCUT2D eigenvalue weighted by Crippen LogP contribution is -2.11. The second-order valence-electron chi connectivity index (χ2n) is 5.21. The highest BCUT2D eigenvalue weighted by atomic mass is 35.5. The maximum absolute atomic E-state index is 6.36. The van der Waals surface area contributed by atoms with Crippen molar-refractivity contribution in [2.75, 3.05) is 0 Å². The Labute approximate surface area is 107 Å². The first-order valence-electron chi connectivity index (χ1n) is 6.74. The van der Waals surface area contributed by atoms with Crippen LogP contribution in [0, 0.1) is 0 Å². The minimum atomic E-state index is 0.355. The summed E-state index contributed by atoms with van der Waals surface area (Å²) in [6.07, 6.45) is 12.0. The number of hydrogen-bond acceptors (Lipinski definition) is 2. The van der Waals surface area contributed by atoms with Crippen LogP contribution in [-0.4, -0.2) is 15.9 Å². The van der Waals surface area contributed by atoms with Crippen LogP contribution < -0.4 is 4.74 Å². The van der Waals surface area contributed by atoms with Gasteiger partial charge in [0.05, 0.1) is 18.3 Å². The van der Waals surface area contributed by atoms with E-state index < -0.39 is 0 Å². The molecule has 0 amide bonds. The van der Waals surface area contributed by atoms with Gasteiger partial charge in [0.15, 0.2) is 10.9 Å². The summed E-state index contributed by atoms with van der Waals surface area (Å²) in [4.78, 5) is 0. The van der Waals surface area contributed by atoms with Crippen molar-refractivity contribution >= 4 is 11.6 Å². The number of halogens is 1. The van der Waals surface area contributed by atoms with Crippen LogP contribution in [-0.2, 0) is 0 Å². The van der Waals surface area contributed by atoms with Crippen molar-refractivity contribution in [3.8, 4) is 5.75 Å². The molecule has 0 aliphatic heterocycles. The van der Waals surface area contributed by atoms with Crippen LogP contribution in [0.3, 0.4) is 0 Å². The molecule has 1 aromatic rings. The molecule has 3 nitrogen and oxygen atoms in total. The zero-order chi connectivity index (χ0) is 11.7. The Hall–Kier alpha value is -0.700. The Morgan fingerprint density at radius 2 is 1.76 bits per heavy atom. The lowest BCUT2D eigenvalue weighted by Gasteiger charge is -2.13. The van der Waals surface area contributed by atoms with Crippen LogP contribution in [0.4, 0.5) is 0 Å². The predicted molar refractivity (Wildman–Crippen MR) is 67.6 cm³/mol. The molecule has 0 aromatic carbocycles. The molecule has 2 saturated carbocycles. The molecule has 0 N–H and O–H groups in total. The molecule has 0 radical (unpaired) electrons. The average Bonchev–Trinajstić information content (AvgIpc) is 3.03. The second-order valence-corrected chi connectivity index (χ2v) is 5.56. The van der Waals surface area contributed by atoms with Gasteiger partial charge in [-0.1, -0.05) is 24.4 Å². The molecule has 0 spiro atoms. The first-order valence-corrected chi connectivity index (χ1v) is 7.12. The van der Waals surface area contributed by atoms with Gasteiger partial charge in [-0.15, -0.1) is 0 Å². The fraction of sp³-hybridized carbons (Fsp3) is 0.769. The number of aromatic nitrogens is 2. The van der Waals surface area contributed by atoms with E-state index in [9.17, 15) is 0 Å². The van der Waals surface area contributed by atoms with E-state index in [1.165, 1.54) is 38.5 Å². The molecule has 1 aromatic heterocycles. The normalized spacial score (nSPS) is 22.4. The molecule has 0 atom stereocenters. The highest BCUT2D eigenvalue weighted by molar-refractivity contribution is 6.31. The quantitative estimate of drug-likeness (QED) is 0.816. The summed E-state index contributed by atoms with van der Waals surface area (Å²) in [5, 5.41) is 5.10. The van der Waals surface area contributed by atoms with Gasteiger partial charge in [-0.3, -0.25) is 0 Å². The summed E-state index contributed by atoms with van der Waals surface area (Å²) >= 11 is 6.36. The lowest BCUT2D eigenvalue weighted by atomic mass is 10.3. The van der Waals surface area contributed by atoms with Crippen molar-refractivity contribution in [3.05, 3.63) is 11.3 Å². The Morgan fingerprint density at radius 1 is 1.12 bits per heavy atom. The standard InChI is InChI=1S/C13H19ClN2O/c14-13-12(17-11-7-3-4-8-11)9-15-16(13)10-5-1-2-6-10/h9-11H,1-8H2. The van der Waals surface area contributed by atoms with Crippen molar-refractivity contribution in [3.63, 3.8) is 0 Å². The first-order chi connectivity index (χ1) is 8.34. The summed E-state index contributed by atoms with van der Waals surface area (Å²) in [5.74, 6) is 0.783.